The number of nitrogens with two attached hydrogens (primary N) is 1. The monoisotopic (exact) mass is 318 g/mol. The second kappa shape index (κ2) is 6.67. The fraction of sp³-hybridized carbons (Fsp3) is 0.462. The Balaban J connectivity index is 0.00000200. The van der Waals surface area contributed by atoms with Gasteiger partial charge in [-0.15, -0.1) is 12.4 Å². The Bertz CT molecular complexity index is 585. The van der Waals surface area contributed by atoms with Gasteiger partial charge in [0.25, 0.3) is 0 Å². The number of ketones is 1. The zero-order chi connectivity index (χ0) is 14.0. The van der Waals surface area contributed by atoms with Crippen molar-refractivity contribution in [3.05, 3.63) is 29.8 Å². The molecule has 1 atom stereocenters. The summed E-state index contributed by atoms with van der Waals surface area (Å²) in [5.74, 6) is 0.276. The first kappa shape index (κ1) is 17.1. The number of hydrogen-bond donors (Lipinski definition) is 2. The Labute approximate surface area is 125 Å². The molecule has 0 amide bonds. The SMILES string of the molecule is CC(=O)c1cccc(S(=O)(=O)NCC(N)C2CC2)c1.Cl. The minimum absolute atomic E-state index is 0. The molecular weight excluding hydrogens is 300 g/mol. The molecular formula is C13H19ClN2O3S. The molecule has 1 fully saturated rings. The predicted molar refractivity (Wildman–Crippen MR) is 79.6 cm³/mol. The van der Waals surface area contributed by atoms with Crippen LogP contribution in [0.1, 0.15) is 30.1 Å². The van der Waals surface area contributed by atoms with Crippen molar-refractivity contribution in [3.8, 4) is 0 Å². The molecule has 3 N–H and O–H groups in total. The normalized spacial score (nSPS) is 16.3. The Morgan fingerprint density at radius 2 is 2.10 bits per heavy atom. The van der Waals surface area contributed by atoms with Crippen molar-refractivity contribution < 1.29 is 13.2 Å². The van der Waals surface area contributed by atoms with Gasteiger partial charge in [0.2, 0.25) is 10.0 Å². The molecule has 1 aliphatic rings. The van der Waals surface area contributed by atoms with E-state index < -0.39 is 10.0 Å². The number of carbonyl (C=O) groups excluding carboxylic acids is 1. The molecule has 20 heavy (non-hydrogen) atoms. The quantitative estimate of drug-likeness (QED) is 0.774. The third-order valence-electron chi connectivity index (χ3n) is 3.29. The zero-order valence-corrected chi connectivity index (χ0v) is 12.8. The number of rotatable bonds is 6. The lowest BCUT2D eigenvalue weighted by atomic mass is 10.2. The molecule has 0 aliphatic heterocycles. The van der Waals surface area contributed by atoms with E-state index in [1.54, 1.807) is 12.1 Å². The maximum absolute atomic E-state index is 12.1. The fourth-order valence-electron chi connectivity index (χ4n) is 1.86. The number of sulfonamides is 1. The average Bonchev–Trinajstić information content (AvgIpc) is 3.20. The number of Topliss-reactive ketones (excluding diaryl/α,β-unsaturated/α-hetero) is 1. The van der Waals surface area contributed by atoms with Gasteiger partial charge in [-0.3, -0.25) is 4.79 Å². The highest BCUT2D eigenvalue weighted by Crippen LogP contribution is 2.31. The van der Waals surface area contributed by atoms with Gasteiger partial charge in [0.1, 0.15) is 0 Å². The predicted octanol–water partition coefficient (Wildman–Crippen LogP) is 1.33. The first-order valence-corrected chi connectivity index (χ1v) is 7.75. The molecule has 0 heterocycles. The van der Waals surface area contributed by atoms with Crippen LogP contribution in [0.5, 0.6) is 0 Å². The minimum Gasteiger partial charge on any atom is -0.326 e. The van der Waals surface area contributed by atoms with Crippen LogP contribution in [-0.2, 0) is 10.0 Å². The van der Waals surface area contributed by atoms with Gasteiger partial charge in [-0.2, -0.15) is 0 Å². The van der Waals surface area contributed by atoms with E-state index >= 15 is 0 Å². The summed E-state index contributed by atoms with van der Waals surface area (Å²) < 4.78 is 26.7. The van der Waals surface area contributed by atoms with E-state index in [-0.39, 0.29) is 35.7 Å². The zero-order valence-electron chi connectivity index (χ0n) is 11.2. The van der Waals surface area contributed by atoms with E-state index in [0.717, 1.165) is 12.8 Å². The number of benzene rings is 1. The summed E-state index contributed by atoms with van der Waals surface area (Å²) in [6.45, 7) is 1.64. The topological polar surface area (TPSA) is 89.3 Å². The standard InChI is InChI=1S/C13H18N2O3S.ClH/c1-9(16)11-3-2-4-12(7-11)19(17,18)15-8-13(14)10-5-6-10;/h2-4,7,10,13,15H,5-6,8,14H2,1H3;1H. The van der Waals surface area contributed by atoms with Gasteiger partial charge in [-0.05, 0) is 37.8 Å². The molecule has 2 rings (SSSR count). The summed E-state index contributed by atoms with van der Waals surface area (Å²) in [4.78, 5) is 11.4. The molecule has 0 spiro atoms. The summed E-state index contributed by atoms with van der Waals surface area (Å²) in [7, 11) is -3.60. The molecule has 7 heteroatoms. The third kappa shape index (κ3) is 4.28. The second-order valence-electron chi connectivity index (χ2n) is 4.94. The van der Waals surface area contributed by atoms with Crippen molar-refractivity contribution >= 4 is 28.2 Å². The molecule has 1 unspecified atom stereocenters. The molecule has 1 aromatic rings. The molecule has 0 aromatic heterocycles. The molecule has 0 saturated heterocycles. The summed E-state index contributed by atoms with van der Waals surface area (Å²) >= 11 is 0. The largest absolute Gasteiger partial charge is 0.326 e. The lowest BCUT2D eigenvalue weighted by Gasteiger charge is -2.12. The van der Waals surface area contributed by atoms with Gasteiger partial charge in [-0.25, -0.2) is 13.1 Å². The highest BCUT2D eigenvalue weighted by Gasteiger charge is 2.29. The molecule has 1 aromatic carbocycles. The Morgan fingerprint density at radius 3 is 2.65 bits per heavy atom. The molecule has 5 nitrogen and oxygen atoms in total. The number of hydrogen-bond acceptors (Lipinski definition) is 4. The van der Waals surface area contributed by atoms with Crippen LogP contribution in [0.3, 0.4) is 0 Å². The van der Waals surface area contributed by atoms with E-state index in [2.05, 4.69) is 4.72 Å². The first-order valence-electron chi connectivity index (χ1n) is 6.26. The molecule has 1 aliphatic carbocycles. The van der Waals surface area contributed by atoms with Gasteiger partial charge in [0.15, 0.2) is 5.78 Å². The van der Waals surface area contributed by atoms with Crippen LogP contribution in [0.15, 0.2) is 29.2 Å². The van der Waals surface area contributed by atoms with Gasteiger partial charge in [-0.1, -0.05) is 12.1 Å². The van der Waals surface area contributed by atoms with E-state index in [0.29, 0.717) is 11.5 Å². The maximum atomic E-state index is 12.1. The fourth-order valence-corrected chi connectivity index (χ4v) is 2.98. The van der Waals surface area contributed by atoms with Crippen molar-refractivity contribution in [1.82, 2.24) is 4.72 Å². The maximum Gasteiger partial charge on any atom is 0.240 e. The highest BCUT2D eigenvalue weighted by atomic mass is 35.5. The lowest BCUT2D eigenvalue weighted by molar-refractivity contribution is 0.101. The van der Waals surface area contributed by atoms with Gasteiger partial charge in [0.05, 0.1) is 4.90 Å². The summed E-state index contributed by atoms with van der Waals surface area (Å²) in [5.41, 5.74) is 6.24. The lowest BCUT2D eigenvalue weighted by Crippen LogP contribution is -2.38. The van der Waals surface area contributed by atoms with Crippen molar-refractivity contribution in [2.75, 3.05) is 6.54 Å². The second-order valence-corrected chi connectivity index (χ2v) is 6.70. The molecule has 1 saturated carbocycles. The molecule has 112 valence electrons. The van der Waals surface area contributed by atoms with Crippen LogP contribution in [0.2, 0.25) is 0 Å². The Morgan fingerprint density at radius 1 is 1.45 bits per heavy atom. The van der Waals surface area contributed by atoms with Crippen LogP contribution in [0, 0.1) is 5.92 Å². The molecule has 0 bridgehead atoms. The summed E-state index contributed by atoms with van der Waals surface area (Å²) in [5, 5.41) is 0. The van der Waals surface area contributed by atoms with Crippen LogP contribution >= 0.6 is 12.4 Å². The Hall–Kier alpha value is -0.950. The third-order valence-corrected chi connectivity index (χ3v) is 4.71. The highest BCUT2D eigenvalue weighted by molar-refractivity contribution is 7.89. The number of halogens is 1. The number of nitrogens with one attached hydrogen (secondary N) is 1. The van der Waals surface area contributed by atoms with Crippen molar-refractivity contribution in [3.63, 3.8) is 0 Å². The van der Waals surface area contributed by atoms with Gasteiger partial charge < -0.3 is 5.73 Å². The van der Waals surface area contributed by atoms with Crippen molar-refractivity contribution in [2.45, 2.75) is 30.7 Å². The Kier molecular flexibility index (Phi) is 5.70. The smallest absolute Gasteiger partial charge is 0.240 e. The van der Waals surface area contributed by atoms with E-state index in [1.807, 2.05) is 0 Å². The first-order chi connectivity index (χ1) is 8.90. The van der Waals surface area contributed by atoms with Crippen molar-refractivity contribution in [2.24, 2.45) is 11.7 Å². The average molecular weight is 319 g/mol. The van der Waals surface area contributed by atoms with Crippen LogP contribution < -0.4 is 10.5 Å². The number of carbonyl (C=O) groups is 1. The van der Waals surface area contributed by atoms with Crippen LogP contribution in [0.25, 0.3) is 0 Å². The van der Waals surface area contributed by atoms with Gasteiger partial charge in [0, 0.05) is 18.2 Å². The minimum atomic E-state index is -3.60. The van der Waals surface area contributed by atoms with Crippen LogP contribution in [0.4, 0.5) is 0 Å². The summed E-state index contributed by atoms with van der Waals surface area (Å²) in [6.07, 6.45) is 2.14. The van der Waals surface area contributed by atoms with E-state index in [4.69, 9.17) is 5.73 Å². The summed E-state index contributed by atoms with van der Waals surface area (Å²) in [6, 6.07) is 5.87. The molecule has 0 radical (unpaired) electrons. The van der Waals surface area contributed by atoms with Crippen molar-refractivity contribution in [1.29, 1.82) is 0 Å². The van der Waals surface area contributed by atoms with E-state index in [9.17, 15) is 13.2 Å². The van der Waals surface area contributed by atoms with E-state index in [1.165, 1.54) is 19.1 Å². The van der Waals surface area contributed by atoms with Crippen LogP contribution in [-0.4, -0.2) is 26.8 Å². The van der Waals surface area contributed by atoms with Gasteiger partial charge >= 0.3 is 0 Å².